The van der Waals surface area contributed by atoms with Crippen molar-refractivity contribution < 1.29 is 9.59 Å². The van der Waals surface area contributed by atoms with Gasteiger partial charge in [-0.25, -0.2) is 0 Å². The van der Waals surface area contributed by atoms with Crippen LogP contribution in [-0.4, -0.2) is 77.9 Å². The van der Waals surface area contributed by atoms with Gasteiger partial charge in [0.2, 0.25) is 5.91 Å². The van der Waals surface area contributed by atoms with E-state index in [0.29, 0.717) is 32.7 Å². The van der Waals surface area contributed by atoms with Gasteiger partial charge in [-0.15, -0.1) is 0 Å². The molecule has 1 aromatic heterocycles. The normalized spacial score (nSPS) is 14.8. The van der Waals surface area contributed by atoms with E-state index in [0.717, 1.165) is 23.0 Å². The number of fused-ring (bicyclic) bond motifs is 1. The molecular formula is C24H28N4O2. The third-order valence-corrected chi connectivity index (χ3v) is 5.73. The molecule has 0 radical (unpaired) electrons. The Hall–Kier alpha value is -3.12. The highest BCUT2D eigenvalue weighted by Gasteiger charge is 2.26. The third kappa shape index (κ3) is 4.24. The van der Waals surface area contributed by atoms with Crippen molar-refractivity contribution in [2.24, 2.45) is 0 Å². The lowest BCUT2D eigenvalue weighted by Crippen LogP contribution is -2.51. The van der Waals surface area contributed by atoms with Gasteiger partial charge in [-0.2, -0.15) is 0 Å². The summed E-state index contributed by atoms with van der Waals surface area (Å²) in [7, 11) is 3.54. The summed E-state index contributed by atoms with van der Waals surface area (Å²) in [5.41, 5.74) is 3.02. The number of amides is 2. The monoisotopic (exact) mass is 404 g/mol. The first kappa shape index (κ1) is 20.2. The van der Waals surface area contributed by atoms with Gasteiger partial charge in [0.1, 0.15) is 0 Å². The number of hydrogen-bond acceptors (Lipinski definition) is 3. The number of carbonyl (C=O) groups excluding carboxylic acids is 2. The van der Waals surface area contributed by atoms with Gasteiger partial charge in [0.25, 0.3) is 5.91 Å². The van der Waals surface area contributed by atoms with E-state index in [1.807, 2.05) is 47.5 Å². The van der Waals surface area contributed by atoms with E-state index in [1.165, 1.54) is 5.56 Å². The lowest BCUT2D eigenvalue weighted by molar-refractivity contribution is -0.130. The molecule has 1 aliphatic rings. The predicted octanol–water partition coefficient (Wildman–Crippen LogP) is 2.54. The van der Waals surface area contributed by atoms with Crippen LogP contribution >= 0.6 is 0 Å². The molecule has 3 aromatic rings. The van der Waals surface area contributed by atoms with Crippen molar-refractivity contribution in [1.82, 2.24) is 19.3 Å². The molecule has 0 N–H and O–H groups in total. The highest BCUT2D eigenvalue weighted by Crippen LogP contribution is 2.24. The minimum Gasteiger partial charge on any atom is -0.348 e. The molecule has 0 unspecified atom stereocenters. The van der Waals surface area contributed by atoms with Gasteiger partial charge in [-0.3, -0.25) is 14.5 Å². The Kier molecular flexibility index (Phi) is 5.86. The smallest absolute Gasteiger partial charge is 0.256 e. The number of hydrogen-bond donors (Lipinski definition) is 0. The molecule has 0 spiro atoms. The van der Waals surface area contributed by atoms with E-state index < -0.39 is 0 Å². The number of aromatic nitrogens is 1. The van der Waals surface area contributed by atoms with E-state index in [-0.39, 0.29) is 11.8 Å². The van der Waals surface area contributed by atoms with Crippen LogP contribution in [0.25, 0.3) is 10.9 Å². The molecule has 2 amide bonds. The molecule has 156 valence electrons. The van der Waals surface area contributed by atoms with E-state index >= 15 is 0 Å². The molecule has 0 bridgehead atoms. The van der Waals surface area contributed by atoms with Crippen molar-refractivity contribution in [3.63, 3.8) is 0 Å². The molecule has 1 fully saturated rings. The van der Waals surface area contributed by atoms with E-state index in [9.17, 15) is 9.59 Å². The van der Waals surface area contributed by atoms with Crippen LogP contribution in [0.15, 0.2) is 60.8 Å². The van der Waals surface area contributed by atoms with Gasteiger partial charge in [0.15, 0.2) is 0 Å². The molecule has 30 heavy (non-hydrogen) atoms. The first-order valence-corrected chi connectivity index (χ1v) is 10.4. The number of carbonyl (C=O) groups is 2. The maximum absolute atomic E-state index is 13.3. The fraction of sp³-hybridized carbons (Fsp3) is 0.333. The van der Waals surface area contributed by atoms with Crippen molar-refractivity contribution in [2.45, 2.75) is 6.54 Å². The summed E-state index contributed by atoms with van der Waals surface area (Å²) in [6.07, 6.45) is 1.99. The zero-order chi connectivity index (χ0) is 21.1. The minimum absolute atomic E-state index is 0.0663. The molecule has 2 heterocycles. The van der Waals surface area contributed by atoms with Crippen molar-refractivity contribution in [1.29, 1.82) is 0 Å². The molecular weight excluding hydrogens is 376 g/mol. The van der Waals surface area contributed by atoms with Gasteiger partial charge in [0, 0.05) is 63.9 Å². The zero-order valence-electron chi connectivity index (χ0n) is 17.6. The fourth-order valence-electron chi connectivity index (χ4n) is 3.94. The Balaban J connectivity index is 1.51. The van der Waals surface area contributed by atoms with Crippen molar-refractivity contribution in [3.05, 3.63) is 71.9 Å². The lowest BCUT2D eigenvalue weighted by Gasteiger charge is -2.34. The predicted molar refractivity (Wildman–Crippen MR) is 119 cm³/mol. The number of para-hydroxylation sites is 1. The van der Waals surface area contributed by atoms with Gasteiger partial charge in [-0.1, -0.05) is 48.5 Å². The first-order valence-electron chi connectivity index (χ1n) is 10.4. The average molecular weight is 405 g/mol. The second kappa shape index (κ2) is 8.71. The largest absolute Gasteiger partial charge is 0.348 e. The van der Waals surface area contributed by atoms with Crippen LogP contribution in [0.5, 0.6) is 0 Å². The van der Waals surface area contributed by atoms with Crippen LogP contribution < -0.4 is 0 Å². The SMILES string of the molecule is CN(C)C(=O)CN1CCN(C(=O)c2cn(Cc3ccccc3)c3ccccc23)CC1. The summed E-state index contributed by atoms with van der Waals surface area (Å²) in [4.78, 5) is 30.9. The topological polar surface area (TPSA) is 48.8 Å². The molecule has 6 heteroatoms. The lowest BCUT2D eigenvalue weighted by atomic mass is 10.1. The van der Waals surface area contributed by atoms with Gasteiger partial charge in [0.05, 0.1) is 12.1 Å². The summed E-state index contributed by atoms with van der Waals surface area (Å²) in [5.74, 6) is 0.162. The number of nitrogens with zero attached hydrogens (tertiary/aromatic N) is 4. The summed E-state index contributed by atoms with van der Waals surface area (Å²) >= 11 is 0. The standard InChI is InChI=1S/C24H28N4O2/c1-25(2)23(29)18-26-12-14-27(15-13-26)24(30)21-17-28(16-19-8-4-3-5-9-19)22-11-7-6-10-20(21)22/h3-11,17H,12-16,18H2,1-2H3. The summed E-state index contributed by atoms with van der Waals surface area (Å²) in [5, 5.41) is 0.989. The van der Waals surface area contributed by atoms with Crippen LogP contribution in [0.2, 0.25) is 0 Å². The van der Waals surface area contributed by atoms with Crippen molar-refractivity contribution in [2.75, 3.05) is 46.8 Å². The second-order valence-electron chi connectivity index (χ2n) is 8.03. The Morgan fingerprint density at radius 2 is 1.57 bits per heavy atom. The number of benzene rings is 2. The second-order valence-corrected chi connectivity index (χ2v) is 8.03. The first-order chi connectivity index (χ1) is 14.5. The molecule has 0 atom stereocenters. The number of rotatable bonds is 5. The highest BCUT2D eigenvalue weighted by atomic mass is 16.2. The van der Waals surface area contributed by atoms with E-state index in [2.05, 4.69) is 27.7 Å². The van der Waals surface area contributed by atoms with Crippen LogP contribution in [0.3, 0.4) is 0 Å². The zero-order valence-corrected chi connectivity index (χ0v) is 17.6. The fourth-order valence-corrected chi connectivity index (χ4v) is 3.94. The quantitative estimate of drug-likeness (QED) is 0.657. The molecule has 1 saturated heterocycles. The summed E-state index contributed by atoms with van der Waals surface area (Å²) in [6, 6.07) is 18.4. The Morgan fingerprint density at radius 3 is 2.27 bits per heavy atom. The Labute approximate surface area is 177 Å². The minimum atomic E-state index is 0.0663. The molecule has 2 aromatic carbocycles. The van der Waals surface area contributed by atoms with E-state index in [4.69, 9.17) is 0 Å². The molecule has 0 aliphatic carbocycles. The summed E-state index contributed by atoms with van der Waals surface area (Å²) in [6.45, 7) is 3.85. The molecule has 1 aliphatic heterocycles. The van der Waals surface area contributed by atoms with Crippen molar-refractivity contribution >= 4 is 22.7 Å². The maximum Gasteiger partial charge on any atom is 0.256 e. The Bertz CT molecular complexity index is 1030. The van der Waals surface area contributed by atoms with Crippen molar-refractivity contribution in [3.8, 4) is 0 Å². The number of likely N-dealkylation sites (N-methyl/N-ethyl adjacent to an activating group) is 1. The Morgan fingerprint density at radius 1 is 0.900 bits per heavy atom. The molecule has 4 rings (SSSR count). The van der Waals surface area contributed by atoms with Crippen LogP contribution in [0, 0.1) is 0 Å². The van der Waals surface area contributed by atoms with Gasteiger partial charge >= 0.3 is 0 Å². The van der Waals surface area contributed by atoms with Crippen LogP contribution in [0.1, 0.15) is 15.9 Å². The highest BCUT2D eigenvalue weighted by molar-refractivity contribution is 6.07. The number of piperazine rings is 1. The van der Waals surface area contributed by atoms with Gasteiger partial charge < -0.3 is 14.4 Å². The van der Waals surface area contributed by atoms with Crippen LogP contribution in [-0.2, 0) is 11.3 Å². The molecule has 6 nitrogen and oxygen atoms in total. The average Bonchev–Trinajstić information content (AvgIpc) is 3.13. The summed E-state index contributed by atoms with van der Waals surface area (Å²) < 4.78 is 2.16. The third-order valence-electron chi connectivity index (χ3n) is 5.73. The molecule has 0 saturated carbocycles. The van der Waals surface area contributed by atoms with E-state index in [1.54, 1.807) is 19.0 Å². The van der Waals surface area contributed by atoms with Crippen LogP contribution in [0.4, 0.5) is 0 Å². The maximum atomic E-state index is 13.3. The van der Waals surface area contributed by atoms with Gasteiger partial charge in [-0.05, 0) is 11.6 Å².